The predicted molar refractivity (Wildman–Crippen MR) is 117 cm³/mol. The van der Waals surface area contributed by atoms with Crippen molar-refractivity contribution in [1.29, 1.82) is 0 Å². The average molecular weight is 426 g/mol. The van der Waals surface area contributed by atoms with E-state index < -0.39 is 5.97 Å². The van der Waals surface area contributed by atoms with E-state index >= 15 is 0 Å². The van der Waals surface area contributed by atoms with Crippen LogP contribution in [0.4, 0.5) is 5.69 Å². The molecule has 1 heterocycles. The van der Waals surface area contributed by atoms with Gasteiger partial charge in [0.2, 0.25) is 0 Å². The van der Waals surface area contributed by atoms with Crippen LogP contribution in [0.15, 0.2) is 52.4 Å². The van der Waals surface area contributed by atoms with Crippen molar-refractivity contribution in [2.45, 2.75) is 13.8 Å². The molecule has 156 valence electrons. The van der Waals surface area contributed by atoms with Gasteiger partial charge in [0.1, 0.15) is 0 Å². The van der Waals surface area contributed by atoms with Gasteiger partial charge in [-0.15, -0.1) is 0 Å². The summed E-state index contributed by atoms with van der Waals surface area (Å²) >= 11 is 1.27. The minimum absolute atomic E-state index is 0.213. The van der Waals surface area contributed by atoms with Gasteiger partial charge in [-0.2, -0.15) is 0 Å². The third-order valence-electron chi connectivity index (χ3n) is 4.05. The van der Waals surface area contributed by atoms with Crippen molar-refractivity contribution >= 4 is 40.6 Å². The Morgan fingerprint density at radius 2 is 1.90 bits per heavy atom. The zero-order chi connectivity index (χ0) is 21.5. The number of rotatable bonds is 7. The number of aryl methyl sites for hydroxylation is 1. The molecule has 0 radical (unpaired) electrons. The number of methoxy groups -OCH3 is 1. The standard InChI is InChI=1S/C22H22N2O5S/c1-4-28-18-11-15(7-10-17(18)29-13-20(25)27-3)12-19-21(26)24-22(30-19)23-16-8-5-14(2)6-9-16/h5-12H,4,13H2,1-3H3,(H,23,24,26)/b19-12+. The van der Waals surface area contributed by atoms with Crippen molar-refractivity contribution in [2.75, 3.05) is 20.3 Å². The summed E-state index contributed by atoms with van der Waals surface area (Å²) in [5, 5.41) is 3.30. The highest BCUT2D eigenvalue weighted by atomic mass is 32.2. The molecule has 8 heteroatoms. The fraction of sp³-hybridized carbons (Fsp3) is 0.227. The van der Waals surface area contributed by atoms with Gasteiger partial charge in [-0.3, -0.25) is 4.79 Å². The molecule has 7 nitrogen and oxygen atoms in total. The first kappa shape index (κ1) is 21.4. The Morgan fingerprint density at radius 3 is 2.60 bits per heavy atom. The molecule has 1 saturated heterocycles. The molecule has 0 bridgehead atoms. The molecule has 2 aromatic carbocycles. The fourth-order valence-corrected chi connectivity index (χ4v) is 3.41. The molecule has 0 saturated carbocycles. The van der Waals surface area contributed by atoms with Gasteiger partial charge >= 0.3 is 5.97 Å². The molecule has 0 unspecified atom stereocenters. The van der Waals surface area contributed by atoms with Crippen LogP contribution in [0.1, 0.15) is 18.1 Å². The van der Waals surface area contributed by atoms with Crippen LogP contribution in [-0.4, -0.2) is 37.4 Å². The number of hydrogen-bond acceptors (Lipinski definition) is 7. The molecule has 1 aliphatic rings. The van der Waals surface area contributed by atoms with Crippen molar-refractivity contribution in [1.82, 2.24) is 5.32 Å². The maximum atomic E-state index is 12.3. The molecular formula is C22H22N2O5S. The maximum Gasteiger partial charge on any atom is 0.343 e. The van der Waals surface area contributed by atoms with Crippen molar-refractivity contribution in [3.05, 3.63) is 58.5 Å². The molecule has 2 aromatic rings. The largest absolute Gasteiger partial charge is 0.490 e. The second-order valence-electron chi connectivity index (χ2n) is 6.32. The molecule has 1 amide bonds. The van der Waals surface area contributed by atoms with E-state index in [1.54, 1.807) is 24.3 Å². The van der Waals surface area contributed by atoms with Crippen LogP contribution in [-0.2, 0) is 14.3 Å². The number of aliphatic imine (C=N–C) groups is 1. The lowest BCUT2D eigenvalue weighted by atomic mass is 10.2. The van der Waals surface area contributed by atoms with Crippen LogP contribution in [0, 0.1) is 6.92 Å². The second-order valence-corrected chi connectivity index (χ2v) is 7.35. The van der Waals surface area contributed by atoms with Gasteiger partial charge in [0, 0.05) is 0 Å². The molecule has 1 aliphatic heterocycles. The molecule has 0 atom stereocenters. The van der Waals surface area contributed by atoms with E-state index in [9.17, 15) is 9.59 Å². The SMILES string of the molecule is CCOc1cc(/C=C2/SC(=Nc3ccc(C)cc3)NC2=O)ccc1OCC(=O)OC. The first-order valence-corrected chi connectivity index (χ1v) is 10.1. The quantitative estimate of drug-likeness (QED) is 0.535. The number of benzene rings is 2. The van der Waals surface area contributed by atoms with E-state index in [2.05, 4.69) is 15.0 Å². The lowest BCUT2D eigenvalue weighted by Crippen LogP contribution is -2.19. The highest BCUT2D eigenvalue weighted by molar-refractivity contribution is 8.18. The molecule has 1 N–H and O–H groups in total. The molecule has 0 aromatic heterocycles. The summed E-state index contributed by atoms with van der Waals surface area (Å²) in [6.45, 7) is 4.07. The fourth-order valence-electron chi connectivity index (χ4n) is 2.57. The molecule has 0 spiro atoms. The summed E-state index contributed by atoms with van der Waals surface area (Å²) < 4.78 is 15.6. The normalized spacial score (nSPS) is 15.9. The molecular weight excluding hydrogens is 404 g/mol. The Labute approximate surface area is 179 Å². The molecule has 3 rings (SSSR count). The molecule has 0 aliphatic carbocycles. The van der Waals surface area contributed by atoms with Gasteiger partial charge in [-0.05, 0) is 61.5 Å². The zero-order valence-corrected chi connectivity index (χ0v) is 17.7. The molecule has 1 fully saturated rings. The van der Waals surface area contributed by atoms with Gasteiger partial charge in [0.05, 0.1) is 24.3 Å². The van der Waals surface area contributed by atoms with Crippen LogP contribution in [0.25, 0.3) is 6.08 Å². The van der Waals surface area contributed by atoms with E-state index in [-0.39, 0.29) is 12.5 Å². The zero-order valence-electron chi connectivity index (χ0n) is 16.9. The Bertz CT molecular complexity index is 999. The van der Waals surface area contributed by atoms with E-state index in [0.717, 1.165) is 16.8 Å². The highest BCUT2D eigenvalue weighted by Gasteiger charge is 2.24. The number of nitrogens with zero attached hydrogens (tertiary/aromatic N) is 1. The third-order valence-corrected chi connectivity index (χ3v) is 4.96. The van der Waals surface area contributed by atoms with E-state index in [4.69, 9.17) is 9.47 Å². The number of thioether (sulfide) groups is 1. The number of esters is 1. The number of carbonyl (C=O) groups excluding carboxylic acids is 2. The Hall–Kier alpha value is -3.26. The summed E-state index contributed by atoms with van der Waals surface area (Å²) in [4.78, 5) is 28.6. The Kier molecular flexibility index (Phi) is 7.13. The van der Waals surface area contributed by atoms with Gasteiger partial charge in [0.25, 0.3) is 5.91 Å². The third kappa shape index (κ3) is 5.64. The minimum Gasteiger partial charge on any atom is -0.490 e. The smallest absolute Gasteiger partial charge is 0.343 e. The van der Waals surface area contributed by atoms with Crippen molar-refractivity contribution in [2.24, 2.45) is 4.99 Å². The monoisotopic (exact) mass is 426 g/mol. The number of amidine groups is 1. The highest BCUT2D eigenvalue weighted by Crippen LogP contribution is 2.32. The second kappa shape index (κ2) is 9.98. The van der Waals surface area contributed by atoms with Crippen LogP contribution < -0.4 is 14.8 Å². The number of hydrogen-bond donors (Lipinski definition) is 1. The number of amides is 1. The van der Waals surface area contributed by atoms with E-state index in [0.29, 0.717) is 28.2 Å². The van der Waals surface area contributed by atoms with Gasteiger partial charge in [0.15, 0.2) is 23.3 Å². The maximum absolute atomic E-state index is 12.3. The first-order valence-electron chi connectivity index (χ1n) is 9.31. The Morgan fingerprint density at radius 1 is 1.13 bits per heavy atom. The van der Waals surface area contributed by atoms with Crippen LogP contribution in [0.5, 0.6) is 11.5 Å². The number of ether oxygens (including phenoxy) is 3. The topological polar surface area (TPSA) is 86.2 Å². The summed E-state index contributed by atoms with van der Waals surface area (Å²) in [7, 11) is 1.30. The summed E-state index contributed by atoms with van der Waals surface area (Å²) in [5.74, 6) is 0.208. The van der Waals surface area contributed by atoms with E-state index in [1.807, 2.05) is 38.1 Å². The lowest BCUT2D eigenvalue weighted by molar-refractivity contribution is -0.142. The van der Waals surface area contributed by atoms with Crippen LogP contribution in [0.3, 0.4) is 0 Å². The summed E-state index contributed by atoms with van der Waals surface area (Å²) in [5.41, 5.74) is 2.68. The summed E-state index contributed by atoms with van der Waals surface area (Å²) in [6, 6.07) is 13.0. The first-order chi connectivity index (χ1) is 14.5. The van der Waals surface area contributed by atoms with Crippen molar-refractivity contribution < 1.29 is 23.8 Å². The van der Waals surface area contributed by atoms with Crippen molar-refractivity contribution in [3.8, 4) is 11.5 Å². The van der Waals surface area contributed by atoms with Gasteiger partial charge in [-0.1, -0.05) is 23.8 Å². The van der Waals surface area contributed by atoms with Crippen molar-refractivity contribution in [3.63, 3.8) is 0 Å². The average Bonchev–Trinajstić information content (AvgIpc) is 3.07. The van der Waals surface area contributed by atoms with Gasteiger partial charge in [-0.25, -0.2) is 9.79 Å². The Balaban J connectivity index is 1.78. The number of nitrogens with one attached hydrogen (secondary N) is 1. The minimum atomic E-state index is -0.483. The number of carbonyl (C=O) groups is 2. The van der Waals surface area contributed by atoms with Crippen LogP contribution >= 0.6 is 11.8 Å². The van der Waals surface area contributed by atoms with Gasteiger partial charge < -0.3 is 19.5 Å². The van der Waals surface area contributed by atoms with Crippen LogP contribution in [0.2, 0.25) is 0 Å². The summed E-state index contributed by atoms with van der Waals surface area (Å²) in [6.07, 6.45) is 1.75. The predicted octanol–water partition coefficient (Wildman–Crippen LogP) is 3.84. The lowest BCUT2D eigenvalue weighted by Gasteiger charge is -2.12. The van der Waals surface area contributed by atoms with E-state index in [1.165, 1.54) is 18.9 Å². The molecule has 30 heavy (non-hydrogen) atoms.